The van der Waals surface area contributed by atoms with Gasteiger partial charge in [0.1, 0.15) is 12.4 Å². The predicted octanol–water partition coefficient (Wildman–Crippen LogP) is 3.86. The number of thioether (sulfide) groups is 1. The highest BCUT2D eigenvalue weighted by molar-refractivity contribution is 7.99. The lowest BCUT2D eigenvalue weighted by molar-refractivity contribution is 0.0880. The maximum absolute atomic E-state index is 13.8. The molecule has 1 aliphatic carbocycles. The summed E-state index contributed by atoms with van der Waals surface area (Å²) in [6.45, 7) is 0.207. The number of aryl methyl sites for hydroxylation is 1. The van der Waals surface area contributed by atoms with E-state index >= 15 is 0 Å². The monoisotopic (exact) mass is 456 g/mol. The van der Waals surface area contributed by atoms with Crippen LogP contribution in [0.2, 0.25) is 0 Å². The van der Waals surface area contributed by atoms with Gasteiger partial charge in [0.05, 0.1) is 18.9 Å². The second-order valence-corrected chi connectivity index (χ2v) is 8.73. The minimum Gasteiger partial charge on any atom is -0.493 e. The SMILES string of the molecule is COc1cc(-n2ccnc(SCCc3ccccc3F)c2=O)ccc1OCC(O)C1CC1. The van der Waals surface area contributed by atoms with Crippen LogP contribution in [0.4, 0.5) is 4.39 Å². The molecule has 1 aromatic heterocycles. The third-order valence-electron chi connectivity index (χ3n) is 5.38. The van der Waals surface area contributed by atoms with E-state index in [1.807, 2.05) is 0 Å². The summed E-state index contributed by atoms with van der Waals surface area (Å²) < 4.78 is 26.5. The number of benzene rings is 2. The first-order valence-electron chi connectivity index (χ1n) is 10.5. The van der Waals surface area contributed by atoms with Crippen LogP contribution in [0.1, 0.15) is 18.4 Å². The highest BCUT2D eigenvalue weighted by Gasteiger charge is 2.30. The first kappa shape index (κ1) is 22.4. The molecule has 8 heteroatoms. The molecule has 1 heterocycles. The molecule has 1 unspecified atom stereocenters. The Hall–Kier alpha value is -2.84. The number of aliphatic hydroxyl groups excluding tert-OH is 1. The fourth-order valence-electron chi connectivity index (χ4n) is 3.37. The summed E-state index contributed by atoms with van der Waals surface area (Å²) in [5.41, 5.74) is 0.967. The van der Waals surface area contributed by atoms with Crippen molar-refractivity contribution < 1.29 is 19.0 Å². The number of methoxy groups -OCH3 is 1. The van der Waals surface area contributed by atoms with E-state index in [-0.39, 0.29) is 18.0 Å². The summed E-state index contributed by atoms with van der Waals surface area (Å²) in [5.74, 6) is 1.60. The quantitative estimate of drug-likeness (QED) is 0.467. The summed E-state index contributed by atoms with van der Waals surface area (Å²) in [6, 6.07) is 11.8. The molecule has 0 aliphatic heterocycles. The average Bonchev–Trinajstić information content (AvgIpc) is 3.65. The van der Waals surface area contributed by atoms with Crippen LogP contribution in [0.3, 0.4) is 0 Å². The highest BCUT2D eigenvalue weighted by Crippen LogP contribution is 2.34. The molecule has 4 rings (SSSR count). The van der Waals surface area contributed by atoms with Gasteiger partial charge in [-0.25, -0.2) is 9.37 Å². The van der Waals surface area contributed by atoms with E-state index in [1.165, 1.54) is 29.5 Å². The molecule has 0 radical (unpaired) electrons. The third-order valence-corrected chi connectivity index (χ3v) is 6.34. The summed E-state index contributed by atoms with van der Waals surface area (Å²) in [7, 11) is 1.53. The number of hydrogen-bond acceptors (Lipinski definition) is 6. The number of nitrogens with zero attached hydrogens (tertiary/aromatic N) is 2. The largest absolute Gasteiger partial charge is 0.493 e. The van der Waals surface area contributed by atoms with Crippen molar-refractivity contribution in [2.45, 2.75) is 30.4 Å². The lowest BCUT2D eigenvalue weighted by Crippen LogP contribution is -2.21. The Morgan fingerprint density at radius 1 is 1.25 bits per heavy atom. The standard InChI is InChI=1S/C24H25FN2O4S/c1-30-22-14-18(8-9-21(22)31-15-20(28)17-6-7-17)27-12-11-26-23(24(27)29)32-13-10-16-4-2-3-5-19(16)25/h2-5,8-9,11-12,14,17,20,28H,6-7,10,13,15H2,1H3. The van der Waals surface area contributed by atoms with E-state index in [4.69, 9.17) is 9.47 Å². The minimum absolute atomic E-state index is 0.207. The van der Waals surface area contributed by atoms with Crippen LogP contribution in [0.15, 0.2) is 64.7 Å². The van der Waals surface area contributed by atoms with Gasteiger partial charge >= 0.3 is 0 Å². The number of hydrogen-bond donors (Lipinski definition) is 1. The molecule has 3 aromatic rings. The zero-order valence-corrected chi connectivity index (χ0v) is 18.6. The Balaban J connectivity index is 1.47. The number of ether oxygens (including phenoxy) is 2. The molecule has 0 saturated heterocycles. The molecule has 1 saturated carbocycles. The lowest BCUT2D eigenvalue weighted by Gasteiger charge is -2.15. The number of aliphatic hydroxyl groups is 1. The van der Waals surface area contributed by atoms with Gasteiger partial charge < -0.3 is 14.6 Å². The van der Waals surface area contributed by atoms with E-state index in [1.54, 1.807) is 48.8 Å². The molecular weight excluding hydrogens is 431 g/mol. The topological polar surface area (TPSA) is 73.6 Å². The Morgan fingerprint density at radius 3 is 2.81 bits per heavy atom. The number of halogens is 1. The molecular formula is C24H25FN2O4S. The second-order valence-electron chi connectivity index (χ2n) is 7.65. The second kappa shape index (κ2) is 10.2. The third kappa shape index (κ3) is 5.31. The Kier molecular flexibility index (Phi) is 7.12. The van der Waals surface area contributed by atoms with Crippen LogP contribution >= 0.6 is 11.8 Å². The molecule has 1 atom stereocenters. The van der Waals surface area contributed by atoms with Gasteiger partial charge in [-0.1, -0.05) is 18.2 Å². The number of aromatic nitrogens is 2. The van der Waals surface area contributed by atoms with Crippen molar-refractivity contribution in [3.05, 3.63) is 76.6 Å². The molecule has 0 amide bonds. The van der Waals surface area contributed by atoms with E-state index in [9.17, 15) is 14.3 Å². The molecule has 0 bridgehead atoms. The van der Waals surface area contributed by atoms with E-state index in [2.05, 4.69) is 4.98 Å². The van der Waals surface area contributed by atoms with Crippen LogP contribution in [0.25, 0.3) is 5.69 Å². The highest BCUT2D eigenvalue weighted by atomic mass is 32.2. The smallest absolute Gasteiger partial charge is 0.287 e. The molecule has 32 heavy (non-hydrogen) atoms. The van der Waals surface area contributed by atoms with Gasteiger partial charge in [-0.15, -0.1) is 11.8 Å². The van der Waals surface area contributed by atoms with Gasteiger partial charge in [-0.3, -0.25) is 9.36 Å². The summed E-state index contributed by atoms with van der Waals surface area (Å²) >= 11 is 1.30. The van der Waals surface area contributed by atoms with Crippen LogP contribution in [0, 0.1) is 11.7 Å². The summed E-state index contributed by atoms with van der Waals surface area (Å²) in [5, 5.41) is 10.4. The zero-order valence-electron chi connectivity index (χ0n) is 17.7. The van der Waals surface area contributed by atoms with Crippen LogP contribution in [-0.4, -0.2) is 40.2 Å². The van der Waals surface area contributed by atoms with Gasteiger partial charge in [0.25, 0.3) is 5.56 Å². The van der Waals surface area contributed by atoms with E-state index < -0.39 is 6.10 Å². The van der Waals surface area contributed by atoms with Crippen molar-refractivity contribution in [3.63, 3.8) is 0 Å². The average molecular weight is 457 g/mol. The van der Waals surface area contributed by atoms with Gasteiger partial charge in [-0.05, 0) is 48.9 Å². The fraction of sp³-hybridized carbons (Fsp3) is 0.333. The van der Waals surface area contributed by atoms with Crippen molar-refractivity contribution in [1.29, 1.82) is 0 Å². The van der Waals surface area contributed by atoms with Crippen LogP contribution in [-0.2, 0) is 6.42 Å². The first-order valence-corrected chi connectivity index (χ1v) is 11.5. The lowest BCUT2D eigenvalue weighted by atomic mass is 10.2. The molecule has 6 nitrogen and oxygen atoms in total. The molecule has 168 valence electrons. The van der Waals surface area contributed by atoms with Crippen molar-refractivity contribution in [3.8, 4) is 17.2 Å². The molecule has 1 aliphatic rings. The summed E-state index contributed by atoms with van der Waals surface area (Å²) in [4.78, 5) is 17.2. The van der Waals surface area contributed by atoms with E-state index in [0.717, 1.165) is 12.8 Å². The molecule has 1 fully saturated rings. The van der Waals surface area contributed by atoms with Crippen molar-refractivity contribution in [1.82, 2.24) is 9.55 Å². The Labute approximate surface area is 190 Å². The molecule has 2 aromatic carbocycles. The van der Waals surface area contributed by atoms with Crippen molar-refractivity contribution in [2.75, 3.05) is 19.5 Å². The minimum atomic E-state index is -0.480. The maximum atomic E-state index is 13.8. The molecule has 0 spiro atoms. The van der Waals surface area contributed by atoms with Crippen LogP contribution in [0.5, 0.6) is 11.5 Å². The van der Waals surface area contributed by atoms with Gasteiger partial charge in [-0.2, -0.15) is 0 Å². The van der Waals surface area contributed by atoms with Gasteiger partial charge in [0.15, 0.2) is 16.5 Å². The summed E-state index contributed by atoms with van der Waals surface area (Å²) in [6.07, 6.45) is 5.25. The Morgan fingerprint density at radius 2 is 2.06 bits per heavy atom. The van der Waals surface area contributed by atoms with Crippen molar-refractivity contribution in [2.24, 2.45) is 5.92 Å². The molecule has 1 N–H and O–H groups in total. The normalized spacial score (nSPS) is 14.2. The fourth-order valence-corrected chi connectivity index (χ4v) is 4.24. The number of rotatable bonds is 10. The van der Waals surface area contributed by atoms with E-state index in [0.29, 0.717) is 45.9 Å². The maximum Gasteiger partial charge on any atom is 0.287 e. The van der Waals surface area contributed by atoms with Gasteiger partial charge in [0.2, 0.25) is 0 Å². The van der Waals surface area contributed by atoms with Crippen LogP contribution < -0.4 is 15.0 Å². The first-order chi connectivity index (χ1) is 15.6. The zero-order chi connectivity index (χ0) is 22.5. The van der Waals surface area contributed by atoms with Crippen molar-refractivity contribution >= 4 is 11.8 Å². The Bertz CT molecular complexity index is 1130. The predicted molar refractivity (Wildman–Crippen MR) is 121 cm³/mol. The van der Waals surface area contributed by atoms with Gasteiger partial charge in [0, 0.05) is 24.2 Å².